The molecule has 8 heteroatoms. The van der Waals surface area contributed by atoms with Crippen LogP contribution in [0.4, 0.5) is 8.78 Å². The molecule has 2 rings (SSSR count). The number of nitrogens with one attached hydrogen (secondary N) is 2. The third-order valence-corrected chi connectivity index (χ3v) is 3.99. The number of amides is 2. The molecule has 2 aromatic rings. The molecule has 0 saturated carbocycles. The van der Waals surface area contributed by atoms with Gasteiger partial charge in [-0.05, 0) is 38.1 Å². The minimum absolute atomic E-state index is 0.0359. The molecule has 2 aromatic carbocycles. The number of carbonyl (C=O) groups is 2. The van der Waals surface area contributed by atoms with Crippen LogP contribution in [0.25, 0.3) is 0 Å². The highest BCUT2D eigenvalue weighted by atomic mass is 19.1. The molecule has 0 aliphatic carbocycles. The summed E-state index contributed by atoms with van der Waals surface area (Å²) in [5.41, 5.74) is -1.43. The minimum Gasteiger partial charge on any atom is -0.496 e. The van der Waals surface area contributed by atoms with E-state index in [1.54, 1.807) is 13.8 Å². The Morgan fingerprint density at radius 1 is 0.893 bits per heavy atom. The van der Waals surface area contributed by atoms with Gasteiger partial charge in [-0.3, -0.25) is 9.59 Å². The first-order chi connectivity index (χ1) is 13.2. The number of hydrogen-bond donors (Lipinski definition) is 2. The zero-order valence-corrected chi connectivity index (χ0v) is 16.1. The molecule has 28 heavy (non-hydrogen) atoms. The molecule has 150 valence electrons. The zero-order valence-electron chi connectivity index (χ0n) is 16.1. The van der Waals surface area contributed by atoms with E-state index in [-0.39, 0.29) is 29.2 Å². The second kappa shape index (κ2) is 8.69. The van der Waals surface area contributed by atoms with Crippen molar-refractivity contribution in [2.24, 2.45) is 0 Å². The van der Waals surface area contributed by atoms with Crippen molar-refractivity contribution in [3.63, 3.8) is 0 Å². The summed E-state index contributed by atoms with van der Waals surface area (Å²) in [7, 11) is 2.66. The molecule has 0 fully saturated rings. The first kappa shape index (κ1) is 21.1. The first-order valence-electron chi connectivity index (χ1n) is 8.46. The fourth-order valence-electron chi connectivity index (χ4n) is 2.59. The molecule has 0 unspecified atom stereocenters. The van der Waals surface area contributed by atoms with Crippen LogP contribution in [-0.2, 0) is 0 Å². The highest BCUT2D eigenvalue weighted by Gasteiger charge is 2.27. The van der Waals surface area contributed by atoms with Gasteiger partial charge in [-0.15, -0.1) is 0 Å². The van der Waals surface area contributed by atoms with Crippen molar-refractivity contribution in [2.75, 3.05) is 20.8 Å². The van der Waals surface area contributed by atoms with E-state index < -0.39 is 29.0 Å². The molecule has 0 aliphatic heterocycles. The molecule has 0 aromatic heterocycles. The zero-order chi connectivity index (χ0) is 20.9. The first-order valence-corrected chi connectivity index (χ1v) is 8.46. The maximum Gasteiger partial charge on any atom is 0.258 e. The van der Waals surface area contributed by atoms with E-state index in [0.717, 1.165) is 12.1 Å². The van der Waals surface area contributed by atoms with Crippen LogP contribution in [0.15, 0.2) is 36.4 Å². The van der Waals surface area contributed by atoms with Crippen molar-refractivity contribution >= 4 is 11.8 Å². The number of rotatable bonds is 7. The second-order valence-electron chi connectivity index (χ2n) is 6.65. The fourth-order valence-corrected chi connectivity index (χ4v) is 2.59. The van der Waals surface area contributed by atoms with Crippen LogP contribution in [0.5, 0.6) is 11.5 Å². The van der Waals surface area contributed by atoms with Crippen molar-refractivity contribution in [2.45, 2.75) is 19.4 Å². The summed E-state index contributed by atoms with van der Waals surface area (Å²) in [6.45, 7) is 3.24. The standard InChI is InChI=1S/C20H22F2N2O4/c1-20(2,24-19(26)17-13(22)8-6-10-15(17)28-4)11-23-18(25)16-12(21)7-5-9-14(16)27-3/h5-10H,11H2,1-4H3,(H,23,25)(H,24,26). The normalized spacial score (nSPS) is 10.9. The number of benzene rings is 2. The van der Waals surface area contributed by atoms with Crippen molar-refractivity contribution in [1.82, 2.24) is 10.6 Å². The Morgan fingerprint density at radius 2 is 1.36 bits per heavy atom. The number of halogens is 2. The van der Waals surface area contributed by atoms with Crippen molar-refractivity contribution < 1.29 is 27.8 Å². The Bertz CT molecular complexity index is 885. The van der Waals surface area contributed by atoms with E-state index >= 15 is 0 Å². The molecule has 0 bridgehead atoms. The van der Waals surface area contributed by atoms with Crippen molar-refractivity contribution in [1.29, 1.82) is 0 Å². The summed E-state index contributed by atoms with van der Waals surface area (Å²) < 4.78 is 38.1. The summed E-state index contributed by atoms with van der Waals surface area (Å²) in [4.78, 5) is 24.9. The van der Waals surface area contributed by atoms with Crippen LogP contribution in [-0.4, -0.2) is 38.1 Å². The molecule has 0 radical (unpaired) electrons. The van der Waals surface area contributed by atoms with Crippen LogP contribution < -0.4 is 20.1 Å². The van der Waals surface area contributed by atoms with Crippen LogP contribution in [0.3, 0.4) is 0 Å². The molecule has 0 atom stereocenters. The largest absolute Gasteiger partial charge is 0.496 e. The molecule has 0 aliphatic rings. The fraction of sp³-hybridized carbons (Fsp3) is 0.300. The van der Waals surface area contributed by atoms with Crippen LogP contribution in [0.1, 0.15) is 34.6 Å². The van der Waals surface area contributed by atoms with E-state index in [4.69, 9.17) is 9.47 Å². The Morgan fingerprint density at radius 3 is 1.82 bits per heavy atom. The minimum atomic E-state index is -0.960. The van der Waals surface area contributed by atoms with Gasteiger partial charge in [-0.1, -0.05) is 12.1 Å². The lowest BCUT2D eigenvalue weighted by atomic mass is 10.0. The average molecular weight is 392 g/mol. The molecule has 0 heterocycles. The molecular weight excluding hydrogens is 370 g/mol. The Kier molecular flexibility index (Phi) is 6.56. The highest BCUT2D eigenvalue weighted by molar-refractivity contribution is 5.98. The molecule has 2 N–H and O–H groups in total. The number of hydrogen-bond acceptors (Lipinski definition) is 4. The van der Waals surface area contributed by atoms with Crippen LogP contribution in [0.2, 0.25) is 0 Å². The Balaban J connectivity index is 2.11. The number of carbonyl (C=O) groups excluding carboxylic acids is 2. The average Bonchev–Trinajstić information content (AvgIpc) is 2.65. The summed E-state index contributed by atoms with van der Waals surface area (Å²) >= 11 is 0. The van der Waals surface area contributed by atoms with Crippen molar-refractivity contribution in [3.8, 4) is 11.5 Å². The maximum atomic E-state index is 14.1. The van der Waals surface area contributed by atoms with Gasteiger partial charge in [-0.2, -0.15) is 0 Å². The summed E-state index contributed by atoms with van der Waals surface area (Å²) in [6, 6.07) is 8.09. The molecule has 6 nitrogen and oxygen atoms in total. The van der Waals surface area contributed by atoms with Gasteiger partial charge in [0.15, 0.2) is 0 Å². The molecule has 0 saturated heterocycles. The monoisotopic (exact) mass is 392 g/mol. The SMILES string of the molecule is COc1cccc(F)c1C(=O)NCC(C)(C)NC(=O)c1c(F)cccc1OC. The van der Waals surface area contributed by atoms with Gasteiger partial charge < -0.3 is 20.1 Å². The Hall–Kier alpha value is -3.16. The van der Waals surface area contributed by atoms with E-state index in [9.17, 15) is 18.4 Å². The second-order valence-corrected chi connectivity index (χ2v) is 6.65. The van der Waals surface area contributed by atoms with Gasteiger partial charge in [0, 0.05) is 6.54 Å². The van der Waals surface area contributed by atoms with E-state index in [0.29, 0.717) is 0 Å². The van der Waals surface area contributed by atoms with Gasteiger partial charge in [0.25, 0.3) is 11.8 Å². The smallest absolute Gasteiger partial charge is 0.258 e. The summed E-state index contributed by atoms with van der Waals surface area (Å²) in [5, 5.41) is 5.20. The van der Waals surface area contributed by atoms with E-state index in [2.05, 4.69) is 10.6 Å². The third kappa shape index (κ3) is 4.76. The summed E-state index contributed by atoms with van der Waals surface area (Å²) in [6.07, 6.45) is 0. The maximum absolute atomic E-state index is 14.1. The van der Waals surface area contributed by atoms with Crippen molar-refractivity contribution in [3.05, 3.63) is 59.2 Å². The predicted octanol–water partition coefficient (Wildman–Crippen LogP) is 2.92. The molecular formula is C20H22F2N2O4. The van der Waals surface area contributed by atoms with Gasteiger partial charge in [-0.25, -0.2) is 8.78 Å². The number of methoxy groups -OCH3 is 2. The van der Waals surface area contributed by atoms with Gasteiger partial charge >= 0.3 is 0 Å². The molecule has 2 amide bonds. The lowest BCUT2D eigenvalue weighted by Gasteiger charge is -2.27. The van der Waals surface area contributed by atoms with Gasteiger partial charge in [0.1, 0.15) is 34.3 Å². The van der Waals surface area contributed by atoms with E-state index in [1.165, 1.54) is 38.5 Å². The Labute approximate surface area is 161 Å². The third-order valence-electron chi connectivity index (χ3n) is 3.99. The van der Waals surface area contributed by atoms with Crippen LogP contribution in [0, 0.1) is 11.6 Å². The summed E-state index contributed by atoms with van der Waals surface area (Å²) in [5.74, 6) is -2.66. The van der Waals surface area contributed by atoms with Gasteiger partial charge in [0.2, 0.25) is 0 Å². The highest BCUT2D eigenvalue weighted by Crippen LogP contribution is 2.23. The lowest BCUT2D eigenvalue weighted by Crippen LogP contribution is -2.51. The predicted molar refractivity (Wildman–Crippen MR) is 99.8 cm³/mol. The lowest BCUT2D eigenvalue weighted by molar-refractivity contribution is 0.0873. The van der Waals surface area contributed by atoms with Crippen LogP contribution >= 0.6 is 0 Å². The topological polar surface area (TPSA) is 76.7 Å². The quantitative estimate of drug-likeness (QED) is 0.760. The number of ether oxygens (including phenoxy) is 2. The molecule has 0 spiro atoms. The van der Waals surface area contributed by atoms with E-state index in [1.807, 2.05) is 0 Å². The van der Waals surface area contributed by atoms with Gasteiger partial charge in [0.05, 0.1) is 19.8 Å².